The molecule has 238 valence electrons. The van der Waals surface area contributed by atoms with Gasteiger partial charge in [-0.3, -0.25) is 4.79 Å². The number of ether oxygens (including phenoxy) is 1. The predicted octanol–water partition coefficient (Wildman–Crippen LogP) is 5.16. The molecule has 0 bridgehead atoms. The van der Waals surface area contributed by atoms with Crippen molar-refractivity contribution < 1.29 is 9.53 Å². The van der Waals surface area contributed by atoms with Crippen LogP contribution < -0.4 is 14.5 Å². The van der Waals surface area contributed by atoms with Crippen LogP contribution in [0.25, 0.3) is 4.85 Å². The average Bonchev–Trinajstić information content (AvgIpc) is 4.00. The number of aromatic nitrogens is 2. The van der Waals surface area contributed by atoms with Crippen molar-refractivity contribution in [3.63, 3.8) is 0 Å². The van der Waals surface area contributed by atoms with Crippen LogP contribution >= 0.6 is 11.6 Å². The van der Waals surface area contributed by atoms with Gasteiger partial charge in [0.25, 0.3) is 0 Å². The van der Waals surface area contributed by atoms with Crippen LogP contribution in [0, 0.1) is 24.3 Å². The SMILES string of the molecule is [C-]#[N+]CC1CN(c2nc(OCC3(CN4CCC5(CC4)CC5)CC3)nc3c2CCN(c2cccc(Cl)c2C)C3)CCN1C(=O)C=C. The van der Waals surface area contributed by atoms with Crippen molar-refractivity contribution in [1.82, 2.24) is 19.8 Å². The van der Waals surface area contributed by atoms with Gasteiger partial charge in [0.05, 0.1) is 18.8 Å². The number of benzene rings is 1. The van der Waals surface area contributed by atoms with E-state index >= 15 is 0 Å². The lowest BCUT2D eigenvalue weighted by molar-refractivity contribution is -0.128. The number of rotatable bonds is 9. The lowest BCUT2D eigenvalue weighted by atomic mass is 9.93. The molecule has 2 aliphatic carbocycles. The van der Waals surface area contributed by atoms with Gasteiger partial charge in [0.2, 0.25) is 12.5 Å². The summed E-state index contributed by atoms with van der Waals surface area (Å²) < 4.78 is 6.52. The van der Waals surface area contributed by atoms with E-state index in [1.54, 1.807) is 4.90 Å². The molecule has 1 unspecified atom stereocenters. The van der Waals surface area contributed by atoms with Crippen LogP contribution in [0.5, 0.6) is 6.01 Å². The number of likely N-dealkylation sites (tertiary alicyclic amines) is 1. The molecule has 1 spiro atoms. The Morgan fingerprint density at radius 3 is 2.62 bits per heavy atom. The van der Waals surface area contributed by atoms with Crippen molar-refractivity contribution in [3.05, 3.63) is 64.1 Å². The molecule has 1 atom stereocenters. The van der Waals surface area contributed by atoms with E-state index in [4.69, 9.17) is 32.9 Å². The summed E-state index contributed by atoms with van der Waals surface area (Å²) in [5.74, 6) is 0.758. The summed E-state index contributed by atoms with van der Waals surface area (Å²) in [6, 6.07) is 6.27. The smallest absolute Gasteiger partial charge is 0.318 e. The highest BCUT2D eigenvalue weighted by Crippen LogP contribution is 2.54. The number of piperazine rings is 1. The Morgan fingerprint density at radius 2 is 1.91 bits per heavy atom. The van der Waals surface area contributed by atoms with Crippen LogP contribution in [0.1, 0.15) is 55.3 Å². The van der Waals surface area contributed by atoms with E-state index in [1.165, 1.54) is 57.7 Å². The zero-order valence-corrected chi connectivity index (χ0v) is 27.2. The number of hydrogen-bond donors (Lipinski definition) is 0. The van der Waals surface area contributed by atoms with Crippen molar-refractivity contribution in [2.24, 2.45) is 10.8 Å². The molecule has 4 heterocycles. The van der Waals surface area contributed by atoms with Crippen LogP contribution in [0.3, 0.4) is 0 Å². The van der Waals surface area contributed by atoms with Gasteiger partial charge in [0, 0.05) is 54.4 Å². The number of nitrogens with zero attached hydrogens (tertiary/aromatic N) is 7. The van der Waals surface area contributed by atoms with Gasteiger partial charge in [-0.15, -0.1) is 0 Å². The summed E-state index contributed by atoms with van der Waals surface area (Å²) in [5, 5.41) is 0.763. The van der Waals surface area contributed by atoms with E-state index in [-0.39, 0.29) is 23.9 Å². The number of carbonyl (C=O) groups is 1. The Balaban J connectivity index is 1.13. The summed E-state index contributed by atoms with van der Waals surface area (Å²) in [6.45, 7) is 20.8. The average molecular weight is 630 g/mol. The summed E-state index contributed by atoms with van der Waals surface area (Å²) in [7, 11) is 0. The molecule has 10 heteroatoms. The molecule has 9 nitrogen and oxygen atoms in total. The van der Waals surface area contributed by atoms with Crippen molar-refractivity contribution in [3.8, 4) is 6.01 Å². The predicted molar refractivity (Wildman–Crippen MR) is 177 cm³/mol. The van der Waals surface area contributed by atoms with E-state index in [9.17, 15) is 4.79 Å². The van der Waals surface area contributed by atoms with Gasteiger partial charge < -0.3 is 29.2 Å². The fourth-order valence-electron chi connectivity index (χ4n) is 7.65. The minimum absolute atomic E-state index is 0.125. The molecule has 2 saturated carbocycles. The second-order valence-electron chi connectivity index (χ2n) is 14.1. The third-order valence-electron chi connectivity index (χ3n) is 11.0. The van der Waals surface area contributed by atoms with Crippen LogP contribution in [-0.2, 0) is 17.8 Å². The minimum atomic E-state index is -0.222. The number of halogens is 1. The molecule has 0 radical (unpaired) electrons. The topological polar surface area (TPSA) is 69.4 Å². The highest BCUT2D eigenvalue weighted by Gasteiger charge is 2.49. The standard InChI is InChI=1S/C35H44ClN7O2/c1-4-31(44)43-19-18-42(21-26(43)20-37-3)32-27-8-15-41(30-7-5-6-28(36)25(30)2)22-29(27)38-33(39-32)45-24-35(11-12-35)23-40-16-13-34(9-10-34)14-17-40/h4-7,26H,1,8-24H2,2H3. The second kappa shape index (κ2) is 12.1. The van der Waals surface area contributed by atoms with E-state index in [1.807, 2.05) is 12.1 Å². The minimum Gasteiger partial charge on any atom is -0.463 e. The Hall–Kier alpha value is -3.35. The van der Waals surface area contributed by atoms with Crippen LogP contribution in [0.15, 0.2) is 30.9 Å². The van der Waals surface area contributed by atoms with Crippen LogP contribution in [0.4, 0.5) is 11.5 Å². The Morgan fingerprint density at radius 1 is 1.11 bits per heavy atom. The van der Waals surface area contributed by atoms with Gasteiger partial charge in [-0.1, -0.05) is 24.2 Å². The van der Waals surface area contributed by atoms with Gasteiger partial charge >= 0.3 is 6.01 Å². The fourth-order valence-corrected chi connectivity index (χ4v) is 7.82. The molecule has 5 aliphatic rings. The lowest BCUT2D eigenvalue weighted by Crippen LogP contribution is -2.56. The van der Waals surface area contributed by atoms with Crippen molar-refractivity contribution in [2.75, 3.05) is 68.8 Å². The molecule has 2 aromatic rings. The van der Waals surface area contributed by atoms with E-state index in [0.29, 0.717) is 44.2 Å². The molecule has 3 aliphatic heterocycles. The number of hydrogen-bond acceptors (Lipinski definition) is 7. The Labute approximate surface area is 272 Å². The molecule has 2 saturated heterocycles. The first kappa shape index (κ1) is 30.3. The maximum atomic E-state index is 12.6. The van der Waals surface area contributed by atoms with Crippen LogP contribution in [-0.4, -0.2) is 90.7 Å². The molecule has 1 amide bonds. The van der Waals surface area contributed by atoms with Gasteiger partial charge in [0.1, 0.15) is 11.9 Å². The van der Waals surface area contributed by atoms with Gasteiger partial charge in [-0.2, -0.15) is 9.97 Å². The van der Waals surface area contributed by atoms with Crippen molar-refractivity contribution in [1.29, 1.82) is 0 Å². The quantitative estimate of drug-likeness (QED) is 0.280. The normalized spacial score (nSPS) is 23.3. The lowest BCUT2D eigenvalue weighted by Gasteiger charge is -2.41. The first-order chi connectivity index (χ1) is 21.8. The largest absolute Gasteiger partial charge is 0.463 e. The number of piperidine rings is 1. The monoisotopic (exact) mass is 629 g/mol. The summed E-state index contributed by atoms with van der Waals surface area (Å²) >= 11 is 6.51. The first-order valence-corrected chi connectivity index (χ1v) is 16.9. The van der Waals surface area contributed by atoms with Gasteiger partial charge in [0.15, 0.2) is 0 Å². The number of anilines is 2. The summed E-state index contributed by atoms with van der Waals surface area (Å²) in [5.41, 5.74) is 5.17. The zero-order valence-electron chi connectivity index (χ0n) is 26.4. The number of carbonyl (C=O) groups excluding carboxylic acids is 1. The van der Waals surface area contributed by atoms with E-state index in [0.717, 1.165) is 52.9 Å². The molecular formula is C35H44ClN7O2. The molecule has 0 N–H and O–H groups in total. The van der Waals surface area contributed by atoms with E-state index < -0.39 is 0 Å². The zero-order chi connectivity index (χ0) is 31.2. The highest BCUT2D eigenvalue weighted by atomic mass is 35.5. The third kappa shape index (κ3) is 6.24. The maximum Gasteiger partial charge on any atom is 0.318 e. The molecular weight excluding hydrogens is 586 g/mol. The van der Waals surface area contributed by atoms with Crippen molar-refractivity contribution in [2.45, 2.75) is 64.5 Å². The molecule has 1 aromatic carbocycles. The highest BCUT2D eigenvalue weighted by molar-refractivity contribution is 6.31. The van der Waals surface area contributed by atoms with Crippen molar-refractivity contribution >= 4 is 29.0 Å². The number of amides is 1. The summed E-state index contributed by atoms with van der Waals surface area (Å²) in [6.07, 6.45) is 10.1. The summed E-state index contributed by atoms with van der Waals surface area (Å²) in [4.78, 5) is 35.4. The van der Waals surface area contributed by atoms with Gasteiger partial charge in [-0.25, -0.2) is 6.57 Å². The number of fused-ring (bicyclic) bond motifs is 1. The van der Waals surface area contributed by atoms with Gasteiger partial charge in [-0.05, 0) is 94.1 Å². The first-order valence-electron chi connectivity index (χ1n) is 16.6. The third-order valence-corrected chi connectivity index (χ3v) is 11.5. The molecule has 45 heavy (non-hydrogen) atoms. The molecule has 4 fully saturated rings. The molecule has 1 aromatic heterocycles. The van der Waals surface area contributed by atoms with E-state index in [2.05, 4.69) is 39.1 Å². The Kier molecular flexibility index (Phi) is 8.16. The Bertz CT molecular complexity index is 1500. The van der Waals surface area contributed by atoms with Crippen LogP contribution in [0.2, 0.25) is 5.02 Å². The molecule has 7 rings (SSSR count). The fraction of sp³-hybridized carbons (Fsp3) is 0.600. The maximum absolute atomic E-state index is 12.6. The second-order valence-corrected chi connectivity index (χ2v) is 14.5.